The number of nitrogens with one attached hydrogen (secondary N) is 1. The van der Waals surface area contributed by atoms with Gasteiger partial charge in [0, 0.05) is 12.2 Å². The highest BCUT2D eigenvalue weighted by molar-refractivity contribution is 5.89. The summed E-state index contributed by atoms with van der Waals surface area (Å²) in [5, 5.41) is 3.36. The molecule has 0 aromatic heterocycles. The molecule has 0 heterocycles. The summed E-state index contributed by atoms with van der Waals surface area (Å²) in [6.45, 7) is 3.05. The van der Waals surface area contributed by atoms with E-state index in [0.29, 0.717) is 12.2 Å². The molecule has 0 amide bonds. The van der Waals surface area contributed by atoms with E-state index in [2.05, 4.69) is 11.4 Å². The molecule has 0 atom stereocenters. The molecule has 0 aliphatic rings. The Hall–Kier alpha value is -2.49. The Balaban J connectivity index is 1.79. The van der Waals surface area contributed by atoms with Gasteiger partial charge in [-0.3, -0.25) is 0 Å². The lowest BCUT2D eigenvalue weighted by atomic mass is 10.1. The van der Waals surface area contributed by atoms with Crippen LogP contribution in [0.1, 0.15) is 29.3 Å². The number of rotatable bonds is 8. The van der Waals surface area contributed by atoms with Crippen molar-refractivity contribution in [3.63, 3.8) is 0 Å². The lowest BCUT2D eigenvalue weighted by Crippen LogP contribution is -2.06. The lowest BCUT2D eigenvalue weighted by molar-refractivity contribution is 0.0526. The molecule has 122 valence electrons. The molecule has 0 spiro atoms. The maximum atomic E-state index is 11.6. The molecule has 2 aromatic carbocycles. The molecule has 4 nitrogen and oxygen atoms in total. The third kappa shape index (κ3) is 5.02. The summed E-state index contributed by atoms with van der Waals surface area (Å²) in [5.41, 5.74) is 2.79. The predicted octanol–water partition coefficient (Wildman–Crippen LogP) is 3.92. The largest absolute Gasteiger partial charge is 0.496 e. The van der Waals surface area contributed by atoms with Gasteiger partial charge in [0.15, 0.2) is 0 Å². The average molecular weight is 313 g/mol. The van der Waals surface area contributed by atoms with Crippen LogP contribution in [0.5, 0.6) is 5.75 Å². The van der Waals surface area contributed by atoms with Gasteiger partial charge in [-0.2, -0.15) is 0 Å². The van der Waals surface area contributed by atoms with Crippen LogP contribution in [0, 0.1) is 0 Å². The fraction of sp³-hybridized carbons (Fsp3) is 0.316. The number of hydrogen-bond acceptors (Lipinski definition) is 4. The third-order valence-corrected chi connectivity index (χ3v) is 3.54. The first-order chi connectivity index (χ1) is 11.2. The Kier molecular flexibility index (Phi) is 6.48. The van der Waals surface area contributed by atoms with Crippen LogP contribution in [0.25, 0.3) is 0 Å². The first kappa shape index (κ1) is 16.9. The molecule has 1 N–H and O–H groups in total. The van der Waals surface area contributed by atoms with Gasteiger partial charge in [-0.1, -0.05) is 18.2 Å². The highest BCUT2D eigenvalue weighted by Gasteiger charge is 2.05. The minimum Gasteiger partial charge on any atom is -0.496 e. The second-order valence-electron chi connectivity index (χ2n) is 5.14. The van der Waals surface area contributed by atoms with Crippen molar-refractivity contribution in [2.45, 2.75) is 19.8 Å². The van der Waals surface area contributed by atoms with Crippen LogP contribution in [0.15, 0.2) is 48.5 Å². The fourth-order valence-corrected chi connectivity index (χ4v) is 2.36. The van der Waals surface area contributed by atoms with Crippen LogP contribution in [-0.2, 0) is 11.2 Å². The van der Waals surface area contributed by atoms with E-state index in [1.54, 1.807) is 26.2 Å². The highest BCUT2D eigenvalue weighted by atomic mass is 16.5. The van der Waals surface area contributed by atoms with Gasteiger partial charge in [-0.05, 0) is 55.7 Å². The first-order valence-electron chi connectivity index (χ1n) is 7.87. The Bertz CT molecular complexity index is 623. The van der Waals surface area contributed by atoms with Crippen molar-refractivity contribution in [1.29, 1.82) is 0 Å². The summed E-state index contributed by atoms with van der Waals surface area (Å²) in [6.07, 6.45) is 1.96. The lowest BCUT2D eigenvalue weighted by Gasteiger charge is -2.10. The minimum atomic E-state index is -0.282. The molecular formula is C19H23NO3. The SMILES string of the molecule is CCOC(=O)c1ccc(NCCCc2ccccc2OC)cc1. The van der Waals surface area contributed by atoms with Crippen molar-refractivity contribution in [1.82, 2.24) is 0 Å². The molecule has 23 heavy (non-hydrogen) atoms. The van der Waals surface area contributed by atoms with Crippen LogP contribution in [0.4, 0.5) is 5.69 Å². The molecule has 0 saturated carbocycles. The second-order valence-corrected chi connectivity index (χ2v) is 5.14. The van der Waals surface area contributed by atoms with Crippen LogP contribution >= 0.6 is 0 Å². The van der Waals surface area contributed by atoms with Gasteiger partial charge in [0.2, 0.25) is 0 Å². The highest BCUT2D eigenvalue weighted by Crippen LogP contribution is 2.19. The fourth-order valence-electron chi connectivity index (χ4n) is 2.36. The molecule has 0 radical (unpaired) electrons. The topological polar surface area (TPSA) is 47.6 Å². The second kappa shape index (κ2) is 8.83. The number of methoxy groups -OCH3 is 1. The maximum absolute atomic E-state index is 11.6. The normalized spacial score (nSPS) is 10.2. The molecular weight excluding hydrogens is 290 g/mol. The molecule has 0 unspecified atom stereocenters. The summed E-state index contributed by atoms with van der Waals surface area (Å²) in [6, 6.07) is 15.4. The van der Waals surface area contributed by atoms with E-state index in [1.807, 2.05) is 30.3 Å². The number of carbonyl (C=O) groups excluding carboxylic acids is 1. The number of carbonyl (C=O) groups is 1. The van der Waals surface area contributed by atoms with E-state index in [-0.39, 0.29) is 5.97 Å². The summed E-state index contributed by atoms with van der Waals surface area (Å²) < 4.78 is 10.3. The first-order valence-corrected chi connectivity index (χ1v) is 7.87. The Labute approximate surface area is 137 Å². The van der Waals surface area contributed by atoms with Crippen molar-refractivity contribution >= 4 is 11.7 Å². The Morgan fingerprint density at radius 1 is 1.09 bits per heavy atom. The predicted molar refractivity (Wildman–Crippen MR) is 92.2 cm³/mol. The van der Waals surface area contributed by atoms with Gasteiger partial charge in [-0.15, -0.1) is 0 Å². The number of aryl methyl sites for hydroxylation is 1. The Morgan fingerprint density at radius 2 is 1.83 bits per heavy atom. The zero-order chi connectivity index (χ0) is 16.5. The minimum absolute atomic E-state index is 0.282. The van der Waals surface area contributed by atoms with Crippen molar-refractivity contribution in [2.75, 3.05) is 25.6 Å². The molecule has 2 aromatic rings. The smallest absolute Gasteiger partial charge is 0.338 e. The van der Waals surface area contributed by atoms with Crippen molar-refractivity contribution < 1.29 is 14.3 Å². The van der Waals surface area contributed by atoms with Crippen molar-refractivity contribution in [3.8, 4) is 5.75 Å². The van der Waals surface area contributed by atoms with Crippen LogP contribution < -0.4 is 10.1 Å². The summed E-state index contributed by atoms with van der Waals surface area (Å²) >= 11 is 0. The molecule has 0 bridgehead atoms. The maximum Gasteiger partial charge on any atom is 0.338 e. The summed E-state index contributed by atoms with van der Waals surface area (Å²) in [7, 11) is 1.70. The zero-order valence-corrected chi connectivity index (χ0v) is 13.7. The van der Waals surface area contributed by atoms with Gasteiger partial charge in [0.25, 0.3) is 0 Å². The van der Waals surface area contributed by atoms with E-state index < -0.39 is 0 Å². The van der Waals surface area contributed by atoms with Gasteiger partial charge >= 0.3 is 5.97 Å². The quantitative estimate of drug-likeness (QED) is 0.593. The van der Waals surface area contributed by atoms with E-state index in [4.69, 9.17) is 9.47 Å². The molecule has 0 aliphatic heterocycles. The van der Waals surface area contributed by atoms with Crippen molar-refractivity contribution in [3.05, 3.63) is 59.7 Å². The van der Waals surface area contributed by atoms with Gasteiger partial charge in [-0.25, -0.2) is 4.79 Å². The van der Waals surface area contributed by atoms with Gasteiger partial charge < -0.3 is 14.8 Å². The number of hydrogen-bond donors (Lipinski definition) is 1. The van der Waals surface area contributed by atoms with Crippen LogP contribution in [0.2, 0.25) is 0 Å². The molecule has 0 aliphatic carbocycles. The molecule has 0 saturated heterocycles. The van der Waals surface area contributed by atoms with E-state index in [0.717, 1.165) is 30.8 Å². The zero-order valence-electron chi connectivity index (χ0n) is 13.7. The number of anilines is 1. The van der Waals surface area contributed by atoms with Crippen LogP contribution in [-0.4, -0.2) is 26.2 Å². The molecule has 0 fully saturated rings. The average Bonchev–Trinajstić information content (AvgIpc) is 2.60. The Morgan fingerprint density at radius 3 is 2.52 bits per heavy atom. The van der Waals surface area contributed by atoms with Crippen molar-refractivity contribution in [2.24, 2.45) is 0 Å². The van der Waals surface area contributed by atoms with E-state index in [9.17, 15) is 4.79 Å². The standard InChI is InChI=1S/C19H23NO3/c1-3-23-19(21)16-10-12-17(13-11-16)20-14-6-8-15-7-4-5-9-18(15)22-2/h4-5,7,9-13,20H,3,6,8,14H2,1-2H3. The number of esters is 1. The van der Waals surface area contributed by atoms with Crippen LogP contribution in [0.3, 0.4) is 0 Å². The number of para-hydroxylation sites is 1. The molecule has 2 rings (SSSR count). The number of benzene rings is 2. The summed E-state index contributed by atoms with van der Waals surface area (Å²) in [5.74, 6) is 0.654. The number of ether oxygens (including phenoxy) is 2. The summed E-state index contributed by atoms with van der Waals surface area (Å²) in [4.78, 5) is 11.6. The van der Waals surface area contributed by atoms with E-state index >= 15 is 0 Å². The van der Waals surface area contributed by atoms with Gasteiger partial charge in [0.05, 0.1) is 19.3 Å². The van der Waals surface area contributed by atoms with E-state index in [1.165, 1.54) is 5.56 Å². The monoisotopic (exact) mass is 313 g/mol. The third-order valence-electron chi connectivity index (χ3n) is 3.54. The van der Waals surface area contributed by atoms with Gasteiger partial charge in [0.1, 0.15) is 5.75 Å². The molecule has 4 heteroatoms.